The Labute approximate surface area is 168 Å². The van der Waals surface area contributed by atoms with Gasteiger partial charge in [-0.3, -0.25) is 9.89 Å². The molecular weight excluding hydrogens is 362 g/mol. The summed E-state index contributed by atoms with van der Waals surface area (Å²) in [6.45, 7) is 4.16. The smallest absolute Gasteiger partial charge is 0.270 e. The van der Waals surface area contributed by atoms with Gasteiger partial charge >= 0.3 is 0 Å². The van der Waals surface area contributed by atoms with E-state index in [4.69, 9.17) is 0 Å². The van der Waals surface area contributed by atoms with Gasteiger partial charge in [0.05, 0.1) is 22.8 Å². The molecule has 29 heavy (non-hydrogen) atoms. The number of hydrogen-bond donors (Lipinski definition) is 3. The number of H-pyrrole nitrogens is 2. The number of nitrogens with one attached hydrogen (secondary N) is 3. The molecule has 1 unspecified atom stereocenters. The van der Waals surface area contributed by atoms with Crippen LogP contribution in [0.15, 0.2) is 48.5 Å². The summed E-state index contributed by atoms with van der Waals surface area (Å²) in [5.41, 5.74) is 6.70. The second kappa shape index (κ2) is 6.88. The Hall–Kier alpha value is -3.41. The van der Waals surface area contributed by atoms with Gasteiger partial charge in [0.15, 0.2) is 0 Å². The molecule has 0 fully saturated rings. The van der Waals surface area contributed by atoms with Gasteiger partial charge in [-0.15, -0.1) is 0 Å². The minimum Gasteiger partial charge on any atom is -0.340 e. The van der Waals surface area contributed by atoms with Crippen LogP contribution in [0.5, 0.6) is 0 Å². The second-order valence-electron chi connectivity index (χ2n) is 7.92. The zero-order valence-electron chi connectivity index (χ0n) is 16.5. The molecule has 6 nitrogen and oxygen atoms in total. The van der Waals surface area contributed by atoms with E-state index < -0.39 is 0 Å². The topological polar surface area (TPSA) is 86.5 Å². The molecule has 0 radical (unpaired) electrons. The van der Waals surface area contributed by atoms with E-state index in [1.165, 1.54) is 5.56 Å². The highest BCUT2D eigenvalue weighted by molar-refractivity contribution is 5.96. The van der Waals surface area contributed by atoms with Crippen molar-refractivity contribution < 1.29 is 4.79 Å². The summed E-state index contributed by atoms with van der Waals surface area (Å²) in [4.78, 5) is 21.2. The average Bonchev–Trinajstić information content (AvgIpc) is 3.35. The Balaban J connectivity index is 1.46. The van der Waals surface area contributed by atoms with E-state index in [0.717, 1.165) is 46.5 Å². The first kappa shape index (κ1) is 17.7. The van der Waals surface area contributed by atoms with Gasteiger partial charge in [-0.2, -0.15) is 5.10 Å². The molecule has 2 aromatic heterocycles. The van der Waals surface area contributed by atoms with Crippen molar-refractivity contribution in [3.8, 4) is 11.3 Å². The van der Waals surface area contributed by atoms with Gasteiger partial charge in [0.2, 0.25) is 0 Å². The van der Waals surface area contributed by atoms with Crippen LogP contribution < -0.4 is 5.32 Å². The third-order valence-corrected chi connectivity index (χ3v) is 5.67. The van der Waals surface area contributed by atoms with Crippen LogP contribution in [0.4, 0.5) is 0 Å². The predicted octanol–water partition coefficient (Wildman–Crippen LogP) is 4.18. The van der Waals surface area contributed by atoms with Crippen LogP contribution in [0.2, 0.25) is 0 Å². The molecule has 1 aliphatic carbocycles. The maximum atomic E-state index is 13.2. The molecule has 4 aromatic rings. The van der Waals surface area contributed by atoms with Crippen LogP contribution in [-0.2, 0) is 12.8 Å². The number of fused-ring (bicyclic) bond motifs is 4. The van der Waals surface area contributed by atoms with Crippen molar-refractivity contribution >= 4 is 16.9 Å². The summed E-state index contributed by atoms with van der Waals surface area (Å²) in [6.07, 6.45) is 1.72. The van der Waals surface area contributed by atoms with E-state index in [2.05, 4.69) is 51.5 Å². The van der Waals surface area contributed by atoms with E-state index in [0.29, 0.717) is 5.69 Å². The second-order valence-corrected chi connectivity index (χ2v) is 7.92. The number of benzene rings is 2. The maximum Gasteiger partial charge on any atom is 0.270 e. The molecule has 0 saturated carbocycles. The third-order valence-electron chi connectivity index (χ3n) is 5.67. The van der Waals surface area contributed by atoms with E-state index in [-0.39, 0.29) is 17.9 Å². The van der Waals surface area contributed by atoms with Crippen molar-refractivity contribution in [3.05, 3.63) is 71.2 Å². The molecule has 0 bridgehead atoms. The van der Waals surface area contributed by atoms with E-state index >= 15 is 0 Å². The third kappa shape index (κ3) is 3.01. The number of carbonyl (C=O) groups excluding carboxylic acids is 1. The number of imidazole rings is 1. The Morgan fingerprint density at radius 1 is 1.07 bits per heavy atom. The number of aryl methyl sites for hydroxylation is 1. The fourth-order valence-corrected chi connectivity index (χ4v) is 4.13. The van der Waals surface area contributed by atoms with Crippen molar-refractivity contribution in [2.24, 2.45) is 5.92 Å². The normalized spacial score (nSPS) is 13.9. The SMILES string of the molecule is CC(C)C(NC(=O)c1[nH]nc2c1CCc1ccccc1-2)c1nc2ccccc2[nH]1. The minimum atomic E-state index is -0.218. The number of nitrogens with zero attached hydrogens (tertiary/aromatic N) is 2. The molecule has 0 aliphatic heterocycles. The number of aromatic nitrogens is 4. The summed E-state index contributed by atoms with van der Waals surface area (Å²) in [7, 11) is 0. The van der Waals surface area contributed by atoms with Crippen molar-refractivity contribution in [1.82, 2.24) is 25.5 Å². The predicted molar refractivity (Wildman–Crippen MR) is 113 cm³/mol. The number of para-hydroxylation sites is 2. The van der Waals surface area contributed by atoms with Gasteiger partial charge in [0.1, 0.15) is 11.5 Å². The average molecular weight is 385 g/mol. The van der Waals surface area contributed by atoms with Gasteiger partial charge in [-0.1, -0.05) is 50.2 Å². The van der Waals surface area contributed by atoms with Crippen LogP contribution >= 0.6 is 0 Å². The Bertz CT molecular complexity index is 1170. The number of hydrogen-bond acceptors (Lipinski definition) is 3. The number of rotatable bonds is 4. The molecule has 0 saturated heterocycles. The van der Waals surface area contributed by atoms with Crippen molar-refractivity contribution in [2.75, 3.05) is 0 Å². The van der Waals surface area contributed by atoms with Gasteiger partial charge in [-0.25, -0.2) is 4.98 Å². The van der Waals surface area contributed by atoms with Crippen LogP contribution in [0.25, 0.3) is 22.3 Å². The molecular formula is C23H23N5O. The lowest BCUT2D eigenvalue weighted by Gasteiger charge is -2.21. The molecule has 3 N–H and O–H groups in total. The minimum absolute atomic E-state index is 0.141. The fourth-order valence-electron chi connectivity index (χ4n) is 4.13. The molecule has 2 heterocycles. The first-order valence-electron chi connectivity index (χ1n) is 10.0. The lowest BCUT2D eigenvalue weighted by molar-refractivity contribution is 0.0917. The number of aromatic amines is 2. The van der Waals surface area contributed by atoms with Crippen molar-refractivity contribution in [3.63, 3.8) is 0 Å². The number of amides is 1. The monoisotopic (exact) mass is 385 g/mol. The van der Waals surface area contributed by atoms with Crippen LogP contribution in [0.3, 0.4) is 0 Å². The van der Waals surface area contributed by atoms with E-state index in [9.17, 15) is 4.79 Å². The van der Waals surface area contributed by atoms with E-state index in [1.54, 1.807) is 0 Å². The Morgan fingerprint density at radius 3 is 2.69 bits per heavy atom. The molecule has 1 aliphatic rings. The van der Waals surface area contributed by atoms with Crippen LogP contribution in [0.1, 0.15) is 47.3 Å². The van der Waals surface area contributed by atoms with Crippen molar-refractivity contribution in [2.45, 2.75) is 32.7 Å². The van der Waals surface area contributed by atoms with Gasteiger partial charge in [-0.05, 0) is 36.5 Å². The fraction of sp³-hybridized carbons (Fsp3) is 0.261. The highest BCUT2D eigenvalue weighted by Crippen LogP contribution is 2.33. The van der Waals surface area contributed by atoms with Crippen LogP contribution in [0, 0.1) is 5.92 Å². The summed E-state index contributed by atoms with van der Waals surface area (Å²) in [5.74, 6) is 0.810. The summed E-state index contributed by atoms with van der Waals surface area (Å²) in [6, 6.07) is 15.9. The molecule has 0 spiro atoms. The molecule has 146 valence electrons. The van der Waals surface area contributed by atoms with E-state index in [1.807, 2.05) is 36.4 Å². The van der Waals surface area contributed by atoms with Gasteiger partial charge < -0.3 is 10.3 Å². The Kier molecular flexibility index (Phi) is 4.19. The molecule has 5 rings (SSSR count). The standard InChI is InChI=1S/C23H23N5O/c1-13(2)19(22-24-17-9-5-6-10-18(17)25-22)26-23(29)21-16-12-11-14-7-3-4-8-15(14)20(16)27-28-21/h3-10,13,19H,11-12H2,1-2H3,(H,24,25)(H,26,29)(H,27,28). The van der Waals surface area contributed by atoms with Gasteiger partial charge in [0.25, 0.3) is 5.91 Å². The first-order valence-corrected chi connectivity index (χ1v) is 10.0. The summed E-state index contributed by atoms with van der Waals surface area (Å²) < 4.78 is 0. The highest BCUT2D eigenvalue weighted by atomic mass is 16.2. The summed E-state index contributed by atoms with van der Waals surface area (Å²) in [5, 5.41) is 10.6. The maximum absolute atomic E-state index is 13.2. The molecule has 1 amide bonds. The largest absolute Gasteiger partial charge is 0.340 e. The first-order chi connectivity index (χ1) is 14.1. The zero-order valence-corrected chi connectivity index (χ0v) is 16.5. The quantitative estimate of drug-likeness (QED) is 0.493. The highest BCUT2D eigenvalue weighted by Gasteiger charge is 2.28. The lowest BCUT2D eigenvalue weighted by atomic mass is 9.89. The number of carbonyl (C=O) groups is 1. The van der Waals surface area contributed by atoms with Crippen LogP contribution in [-0.4, -0.2) is 26.1 Å². The molecule has 2 aromatic carbocycles. The summed E-state index contributed by atoms with van der Waals surface area (Å²) >= 11 is 0. The lowest BCUT2D eigenvalue weighted by Crippen LogP contribution is -2.33. The molecule has 6 heteroatoms. The van der Waals surface area contributed by atoms with Gasteiger partial charge in [0, 0.05) is 11.1 Å². The van der Waals surface area contributed by atoms with Crippen molar-refractivity contribution in [1.29, 1.82) is 0 Å². The zero-order chi connectivity index (χ0) is 20.0. The Morgan fingerprint density at radius 2 is 1.86 bits per heavy atom. The molecule has 1 atom stereocenters.